The number of benzene rings is 15. The van der Waals surface area contributed by atoms with Crippen molar-refractivity contribution in [3.63, 3.8) is 0 Å². The van der Waals surface area contributed by atoms with Gasteiger partial charge in [0.1, 0.15) is 98.1 Å². The van der Waals surface area contributed by atoms with Gasteiger partial charge in [-0.15, -0.1) is 0 Å². The summed E-state index contributed by atoms with van der Waals surface area (Å²) in [6.07, 6.45) is 18.7. The van der Waals surface area contributed by atoms with Gasteiger partial charge in [0.25, 0.3) is 0 Å². The Morgan fingerprint density at radius 1 is 0.248 bits per heavy atom. The van der Waals surface area contributed by atoms with E-state index >= 15 is 0 Å². The molecule has 10 nitrogen and oxygen atoms in total. The highest BCUT2D eigenvalue weighted by Crippen LogP contribution is 2.49. The van der Waals surface area contributed by atoms with Gasteiger partial charge < -0.3 is 23.7 Å². The average Bonchev–Trinajstić information content (AvgIpc) is 1.60. The van der Waals surface area contributed by atoms with Crippen LogP contribution in [0, 0.1) is 0 Å². The number of hydrogen-bond acceptors (Lipinski definition) is 10. The van der Waals surface area contributed by atoms with Gasteiger partial charge in [0.15, 0.2) is 24.5 Å². The van der Waals surface area contributed by atoms with E-state index in [1.165, 1.54) is 192 Å². The van der Waals surface area contributed by atoms with Crippen molar-refractivity contribution < 1.29 is 47.7 Å². The smallest absolute Gasteiger partial charge is 0.343 e. The van der Waals surface area contributed by atoms with Gasteiger partial charge >= 0.3 is 29.8 Å². The van der Waals surface area contributed by atoms with Gasteiger partial charge in [-0.1, -0.05) is 232 Å². The molecule has 0 N–H and O–H groups in total. The minimum atomic E-state index is -0.388. The van der Waals surface area contributed by atoms with Crippen molar-refractivity contribution in [1.29, 1.82) is 0 Å². The molecule has 15 heteroatoms. The van der Waals surface area contributed by atoms with Gasteiger partial charge in [-0.2, -0.15) is 0 Å². The van der Waals surface area contributed by atoms with Crippen LogP contribution >= 0.6 is 0 Å². The van der Waals surface area contributed by atoms with Gasteiger partial charge in [0.2, 0.25) is 0 Å². The van der Waals surface area contributed by atoms with E-state index in [-0.39, 0.29) is 41.7 Å². The van der Waals surface area contributed by atoms with Crippen molar-refractivity contribution in [2.45, 2.75) is 134 Å². The number of carbonyl (C=O) groups is 5. The zero-order valence-corrected chi connectivity index (χ0v) is 79.5. The van der Waals surface area contributed by atoms with E-state index in [1.807, 2.05) is 170 Å². The molecule has 8 aliphatic rings. The van der Waals surface area contributed by atoms with Gasteiger partial charge in [-0.05, 0) is 244 Å². The van der Waals surface area contributed by atoms with Crippen LogP contribution in [0.1, 0.15) is 136 Å². The molecule has 0 amide bonds. The van der Waals surface area contributed by atoms with Crippen LogP contribution in [0.15, 0.2) is 358 Å². The van der Waals surface area contributed by atoms with Crippen molar-refractivity contribution >= 4 is 144 Å². The molecule has 5 saturated heterocycles. The van der Waals surface area contributed by atoms with Crippen LogP contribution in [-0.4, -0.2) is 87.4 Å². The molecule has 133 heavy (non-hydrogen) atoms. The van der Waals surface area contributed by atoms with Crippen LogP contribution in [0.2, 0.25) is 0 Å². The van der Waals surface area contributed by atoms with Gasteiger partial charge in [-0.3, -0.25) is 9.59 Å². The Kier molecular flexibility index (Phi) is 28.2. The average molecular weight is 1850 g/mol. The fraction of sp³-hybridized carbons (Fsp3) is 0.229. The summed E-state index contributed by atoms with van der Waals surface area (Å²) in [5, 5.41) is 11.3. The quantitative estimate of drug-likeness (QED) is 0.0423. The van der Waals surface area contributed by atoms with E-state index in [2.05, 4.69) is 153 Å². The Balaban J connectivity index is 0.000000108. The van der Waals surface area contributed by atoms with E-state index in [1.54, 1.807) is 13.8 Å². The van der Waals surface area contributed by atoms with E-state index in [0.717, 1.165) is 83.4 Å². The highest BCUT2D eigenvalue weighted by atomic mass is 32.2. The summed E-state index contributed by atoms with van der Waals surface area (Å²) in [5.74, 6) is 13.9. The van der Waals surface area contributed by atoms with E-state index < -0.39 is 0 Å². The number of allylic oxidation sites excluding steroid dienone is 1. The second kappa shape index (κ2) is 41.6. The summed E-state index contributed by atoms with van der Waals surface area (Å²) in [5.41, 5.74) is 12.3. The summed E-state index contributed by atoms with van der Waals surface area (Å²) in [4.78, 5) is 70.6. The van der Waals surface area contributed by atoms with Crippen LogP contribution in [0.3, 0.4) is 0 Å². The van der Waals surface area contributed by atoms with E-state index in [9.17, 15) is 24.0 Å². The monoisotopic (exact) mass is 1850 g/mol. The predicted octanol–water partition coefficient (Wildman–Crippen LogP) is 26.8. The van der Waals surface area contributed by atoms with Crippen molar-refractivity contribution in [2.24, 2.45) is 0 Å². The molecular weight excluding hydrogens is 1740 g/mol. The molecule has 666 valence electrons. The van der Waals surface area contributed by atoms with Crippen LogP contribution in [0.25, 0.3) is 81.7 Å². The number of esters is 5. The molecule has 0 aromatic heterocycles. The number of ether oxygens (including phenoxy) is 5. The maximum absolute atomic E-state index is 13.5. The molecule has 23 rings (SSSR count). The van der Waals surface area contributed by atoms with E-state index in [4.69, 9.17) is 23.7 Å². The molecule has 0 saturated carbocycles. The standard InChI is InChI=1S/C29H25O2S.C28H23O2S.C24H21O2S.C19H21O2S.C18H19O2S/c30-29(28-24-14-6-2-10-20(24)21-11-3-7-15-25(21)28)31-26-16-17-27(32-18-8-1-9-19-32)23-13-5-4-12-22(23)26;29-28(27-23-13-5-1-9-19(23)20-10-2-6-14-24(20)27)30-25-15-16-26(31-17-7-8-18-31)22-12-4-3-11-21(22)25;25-24(21-12-11-17-7-1-2-8-18(17)21)26-22-13-14-23(27-15-5-6-16-27)20-10-4-3-9-19(20)22;1-14(2)19(20)21-17-10-11-18(22-12-6-3-7-13-22)16-9-5-4-8-15(16)17;1-13(2)18(19)20-16-9-10-17(21-11-5-6-12-21)15-8-4-3-7-14(15)16/h2-7,10-17,28H,1,8-9,18-19H2;1-6,9-16,27H,7-8,17-18H2;1-4,7-10,12-14H,5-6,11,15-16H2;4-5,8-11H,1,3,6-7,12-13H2,2H3;3-4,7-10H,1,5-6,11-12H2,2H3/q5*+1. The Labute approximate surface area is 794 Å². The first-order valence-electron chi connectivity index (χ1n) is 46.8. The molecule has 0 radical (unpaired) electrons. The fourth-order valence-electron chi connectivity index (χ4n) is 19.8. The first-order chi connectivity index (χ1) is 65.3. The molecule has 15 aromatic carbocycles. The maximum Gasteiger partial charge on any atom is 0.343 e. The lowest BCUT2D eigenvalue weighted by Gasteiger charge is -2.17. The minimum absolute atomic E-state index is 0.208. The van der Waals surface area contributed by atoms with Crippen LogP contribution in [0.5, 0.6) is 28.7 Å². The van der Waals surface area contributed by atoms with E-state index in [0.29, 0.717) is 99.9 Å². The Morgan fingerprint density at radius 3 is 0.752 bits per heavy atom. The number of rotatable bonds is 15. The molecule has 0 bridgehead atoms. The van der Waals surface area contributed by atoms with Crippen molar-refractivity contribution in [1.82, 2.24) is 0 Å². The third-order valence-corrected chi connectivity index (χ3v) is 39.1. The normalized spacial score (nSPS) is 15.8. The minimum Gasteiger partial charge on any atom is -0.425 e. The second-order valence-electron chi connectivity index (χ2n) is 35.1. The summed E-state index contributed by atoms with van der Waals surface area (Å²) >= 11 is 0. The SMILES string of the molecule is C=C(C)C(=O)Oc1ccc([S+]2CCCC2)c2ccccc12.C=C(C)C(=O)Oc1ccc([S+]2CCCCC2)c2ccccc12.O=C(Oc1ccc([S+]2CCCC2)c2ccccc12)C1=CCc2ccccc21.O=C(Oc1ccc([S+]2CCCC2)c2ccccc12)C1c2ccccc2-c2ccccc21.O=C(Oc1ccc([S+]2CCCCC2)c2ccccc12)C1c2ccccc2-c2ccccc21. The first-order valence-corrected chi connectivity index (χ1v) is 54.6. The third-order valence-electron chi connectivity index (χ3n) is 26.4. The Morgan fingerprint density at radius 2 is 0.474 bits per heavy atom. The lowest BCUT2D eigenvalue weighted by molar-refractivity contribution is -0.135. The molecule has 15 aromatic rings. The van der Waals surface area contributed by atoms with Crippen LogP contribution in [-0.2, 0) is 84.9 Å². The number of fused-ring (bicyclic) bond motifs is 12. The zero-order valence-electron chi connectivity index (χ0n) is 75.4. The van der Waals surface area contributed by atoms with Crippen molar-refractivity contribution in [3.05, 3.63) is 367 Å². The van der Waals surface area contributed by atoms with Crippen molar-refractivity contribution in [2.75, 3.05) is 57.5 Å². The van der Waals surface area contributed by atoms with Gasteiger partial charge in [0.05, 0.1) is 5.57 Å². The largest absolute Gasteiger partial charge is 0.425 e. The number of carbonyl (C=O) groups excluding carboxylic acids is 5. The Hall–Kier alpha value is -12.1. The Bertz CT molecular complexity index is 6910. The first kappa shape index (κ1) is 90.1. The highest BCUT2D eigenvalue weighted by molar-refractivity contribution is 7.98. The van der Waals surface area contributed by atoms with Gasteiger partial charge in [-0.25, -0.2) is 14.4 Å². The molecular formula is C118H109O10S5+5. The van der Waals surface area contributed by atoms with Gasteiger partial charge in [0, 0.05) is 119 Å². The molecule has 5 aliphatic heterocycles. The molecule has 3 aliphatic carbocycles. The van der Waals surface area contributed by atoms with Crippen molar-refractivity contribution in [3.8, 4) is 51.0 Å². The fourth-order valence-corrected chi connectivity index (χ4v) is 32.3. The molecule has 0 spiro atoms. The topological polar surface area (TPSA) is 132 Å². The molecule has 5 fully saturated rings. The molecule has 0 unspecified atom stereocenters. The lowest BCUT2D eigenvalue weighted by atomic mass is 9.97. The third kappa shape index (κ3) is 19.4. The predicted molar refractivity (Wildman–Crippen MR) is 555 cm³/mol. The maximum atomic E-state index is 13.5. The van der Waals surface area contributed by atoms with Crippen LogP contribution in [0.4, 0.5) is 0 Å². The highest BCUT2D eigenvalue weighted by Gasteiger charge is 2.40. The van der Waals surface area contributed by atoms with Crippen LogP contribution < -0.4 is 23.7 Å². The lowest BCUT2D eigenvalue weighted by Crippen LogP contribution is -2.19. The number of hydrogen-bond donors (Lipinski definition) is 0. The molecule has 0 atom stereocenters. The summed E-state index contributed by atoms with van der Waals surface area (Å²) in [6.45, 7) is 10.6. The summed E-state index contributed by atoms with van der Waals surface area (Å²) < 4.78 is 29.1. The summed E-state index contributed by atoms with van der Waals surface area (Å²) in [7, 11) is 1.61. The summed E-state index contributed by atoms with van der Waals surface area (Å²) in [6, 6.07) is 103. The molecule has 5 heterocycles. The zero-order chi connectivity index (χ0) is 90.8. The second-order valence-corrected chi connectivity index (χ2v) is 46.3.